The molecular weight excluding hydrogens is 196 g/mol. The van der Waals surface area contributed by atoms with Crippen LogP contribution in [0.25, 0.3) is 0 Å². The Balaban J connectivity index is 0. The molecule has 5 nitrogen and oxygen atoms in total. The van der Waals surface area contributed by atoms with Gasteiger partial charge >= 0.3 is 0 Å². The van der Waals surface area contributed by atoms with E-state index in [2.05, 4.69) is 42.3 Å². The van der Waals surface area contributed by atoms with Crippen LogP contribution in [-0.2, 0) is 9.78 Å². The second-order valence-electron chi connectivity index (χ2n) is 5.67. The molecule has 0 aromatic heterocycles. The van der Waals surface area contributed by atoms with Gasteiger partial charge in [0.2, 0.25) is 0 Å². The number of nitrogens with zero attached hydrogens (tertiary/aromatic N) is 2. The first kappa shape index (κ1) is 17.2. The molecule has 0 heterocycles. The molecule has 94 valence electrons. The van der Waals surface area contributed by atoms with Crippen molar-refractivity contribution in [2.75, 3.05) is 68.6 Å². The van der Waals surface area contributed by atoms with Crippen LogP contribution < -0.4 is 0 Å². The molecule has 0 rings (SSSR count). The van der Waals surface area contributed by atoms with Gasteiger partial charge in [-0.2, -0.15) is 0 Å². The minimum absolute atomic E-state index is 0. The van der Waals surface area contributed by atoms with Crippen molar-refractivity contribution in [3.63, 3.8) is 0 Å². The molecule has 0 aromatic carbocycles. The summed E-state index contributed by atoms with van der Waals surface area (Å²) < 4.78 is 1.80. The van der Waals surface area contributed by atoms with E-state index < -0.39 is 0 Å². The van der Waals surface area contributed by atoms with Crippen LogP contribution in [0.15, 0.2) is 0 Å². The Kier molecular flexibility index (Phi) is 8.18. The lowest BCUT2D eigenvalue weighted by atomic mass is 10.5. The number of hydrogen-bond donors (Lipinski definition) is 0. The first-order valence-electron chi connectivity index (χ1n) is 5.06. The van der Waals surface area contributed by atoms with Crippen molar-refractivity contribution in [1.29, 1.82) is 0 Å². The van der Waals surface area contributed by atoms with E-state index in [0.717, 1.165) is 22.1 Å². The van der Waals surface area contributed by atoms with Crippen LogP contribution in [0.5, 0.6) is 0 Å². The largest absolute Gasteiger partial charge is 0.412 e. The molecule has 5 heteroatoms. The molecule has 2 N–H and O–H groups in total. The van der Waals surface area contributed by atoms with Crippen LogP contribution in [0.2, 0.25) is 0 Å². The maximum Gasteiger partial charge on any atom is 0.131 e. The fourth-order valence-corrected chi connectivity index (χ4v) is 0.740. The van der Waals surface area contributed by atoms with Crippen molar-refractivity contribution in [3.8, 4) is 0 Å². The summed E-state index contributed by atoms with van der Waals surface area (Å²) in [6.45, 7) is 3.23. The number of hydrogen-bond acceptors (Lipinski definition) is 2. The first-order valence-corrected chi connectivity index (χ1v) is 5.06. The fraction of sp³-hybridized carbons (Fsp3) is 1.00. The molecule has 0 unspecified atom stereocenters. The average molecular weight is 224 g/mol. The van der Waals surface area contributed by atoms with Crippen LogP contribution in [0.3, 0.4) is 0 Å². The van der Waals surface area contributed by atoms with Gasteiger partial charge in [-0.25, -0.2) is 9.78 Å². The highest BCUT2D eigenvalue weighted by Gasteiger charge is 2.08. The monoisotopic (exact) mass is 224 g/mol. The van der Waals surface area contributed by atoms with Crippen molar-refractivity contribution in [2.45, 2.75) is 0 Å². The van der Waals surface area contributed by atoms with Gasteiger partial charge in [0.1, 0.15) is 26.3 Å². The molecule has 0 radical (unpaired) electrons. The van der Waals surface area contributed by atoms with Gasteiger partial charge in [0.05, 0.1) is 42.3 Å². The van der Waals surface area contributed by atoms with Gasteiger partial charge in [0, 0.05) is 0 Å². The lowest BCUT2D eigenvalue weighted by Gasteiger charge is -2.24. The zero-order valence-electron chi connectivity index (χ0n) is 11.0. The maximum atomic E-state index is 5.08. The van der Waals surface area contributed by atoms with E-state index in [1.54, 1.807) is 0 Å². The normalized spacial score (nSPS) is 12.4. The Morgan fingerprint density at radius 2 is 0.933 bits per heavy atom. The molecule has 0 fully saturated rings. The van der Waals surface area contributed by atoms with Gasteiger partial charge in [-0.15, -0.1) is 0 Å². The molecule has 0 aliphatic carbocycles. The summed E-state index contributed by atoms with van der Waals surface area (Å²) in [5.41, 5.74) is 0. The summed E-state index contributed by atoms with van der Waals surface area (Å²) in [6, 6.07) is 0. The molecular formula is C10H28N2O3+2. The third-order valence-corrected chi connectivity index (χ3v) is 1.77. The van der Waals surface area contributed by atoms with Crippen LogP contribution >= 0.6 is 0 Å². The van der Waals surface area contributed by atoms with Gasteiger partial charge in [-0.05, 0) is 0 Å². The summed E-state index contributed by atoms with van der Waals surface area (Å²) in [7, 11) is 12.8. The second-order valence-corrected chi connectivity index (χ2v) is 5.67. The predicted molar refractivity (Wildman–Crippen MR) is 61.3 cm³/mol. The highest BCUT2D eigenvalue weighted by Crippen LogP contribution is 1.92. The average Bonchev–Trinajstić information content (AvgIpc) is 1.92. The molecule has 0 aliphatic rings. The van der Waals surface area contributed by atoms with Gasteiger partial charge in [0.25, 0.3) is 0 Å². The second kappa shape index (κ2) is 7.14. The lowest BCUT2D eigenvalue weighted by molar-refractivity contribution is -0.874. The van der Waals surface area contributed by atoms with Gasteiger partial charge in [-0.1, -0.05) is 0 Å². The standard InChI is InChI=1S/C10H26N2O2.H2O/c1-11(2,3)7-9-13-14-10-8-12(4,5)6;/h7-10H2,1-6H3;1H2/q+2;. The van der Waals surface area contributed by atoms with Crippen molar-refractivity contribution >= 4 is 0 Å². The van der Waals surface area contributed by atoms with E-state index >= 15 is 0 Å². The summed E-state index contributed by atoms with van der Waals surface area (Å²) in [6.07, 6.45) is 0. The number of quaternary nitrogens is 2. The minimum atomic E-state index is 0. The van der Waals surface area contributed by atoms with Crippen LogP contribution in [-0.4, -0.2) is 83.0 Å². The van der Waals surface area contributed by atoms with Crippen molar-refractivity contribution in [1.82, 2.24) is 0 Å². The molecule has 15 heavy (non-hydrogen) atoms. The smallest absolute Gasteiger partial charge is 0.131 e. The van der Waals surface area contributed by atoms with Gasteiger partial charge < -0.3 is 14.4 Å². The quantitative estimate of drug-likeness (QED) is 0.254. The highest BCUT2D eigenvalue weighted by molar-refractivity contribution is 4.25. The molecule has 0 amide bonds. The van der Waals surface area contributed by atoms with Crippen molar-refractivity contribution in [2.24, 2.45) is 0 Å². The molecule has 0 saturated heterocycles. The molecule has 0 aliphatic heterocycles. The van der Waals surface area contributed by atoms with Gasteiger partial charge in [-0.3, -0.25) is 0 Å². The summed E-state index contributed by atoms with van der Waals surface area (Å²) in [5, 5.41) is 0. The third kappa shape index (κ3) is 16.5. The molecule has 0 aromatic rings. The zero-order chi connectivity index (χ0) is 11.2. The van der Waals surface area contributed by atoms with Crippen molar-refractivity contribution < 1.29 is 24.2 Å². The summed E-state index contributed by atoms with van der Waals surface area (Å²) in [4.78, 5) is 10.2. The highest BCUT2D eigenvalue weighted by atomic mass is 17.2. The SMILES string of the molecule is C[N+](C)(C)CCOOCC[N+](C)(C)C.O. The predicted octanol–water partition coefficient (Wildman–Crippen LogP) is -0.478. The summed E-state index contributed by atoms with van der Waals surface area (Å²) in [5.74, 6) is 0. The number of likely N-dealkylation sites (N-methyl/N-ethyl adjacent to an activating group) is 2. The maximum absolute atomic E-state index is 5.08. The molecule has 0 atom stereocenters. The Morgan fingerprint density at radius 1 is 0.667 bits per heavy atom. The Bertz CT molecular complexity index is 132. The van der Waals surface area contributed by atoms with E-state index in [4.69, 9.17) is 9.78 Å². The van der Waals surface area contributed by atoms with Crippen molar-refractivity contribution in [3.05, 3.63) is 0 Å². The third-order valence-electron chi connectivity index (χ3n) is 1.77. The fourth-order valence-electron chi connectivity index (χ4n) is 0.740. The van der Waals surface area contributed by atoms with E-state index in [1.807, 2.05) is 0 Å². The van der Waals surface area contributed by atoms with Crippen LogP contribution in [0.4, 0.5) is 0 Å². The Hall–Kier alpha value is -0.200. The van der Waals surface area contributed by atoms with E-state index in [1.165, 1.54) is 0 Å². The minimum Gasteiger partial charge on any atom is -0.412 e. The Labute approximate surface area is 93.6 Å². The topological polar surface area (TPSA) is 50.0 Å². The lowest BCUT2D eigenvalue weighted by Crippen LogP contribution is -2.39. The first-order chi connectivity index (χ1) is 6.21. The van der Waals surface area contributed by atoms with Gasteiger partial charge in [0.15, 0.2) is 0 Å². The van der Waals surface area contributed by atoms with E-state index in [9.17, 15) is 0 Å². The zero-order valence-corrected chi connectivity index (χ0v) is 11.0. The Morgan fingerprint density at radius 3 is 1.13 bits per heavy atom. The number of rotatable bonds is 7. The van der Waals surface area contributed by atoms with E-state index in [0.29, 0.717) is 13.2 Å². The van der Waals surface area contributed by atoms with E-state index in [-0.39, 0.29) is 5.48 Å². The molecule has 0 bridgehead atoms. The molecule has 0 spiro atoms. The summed E-state index contributed by atoms with van der Waals surface area (Å²) >= 11 is 0. The van der Waals surface area contributed by atoms with Crippen LogP contribution in [0, 0.1) is 0 Å². The van der Waals surface area contributed by atoms with Crippen LogP contribution in [0.1, 0.15) is 0 Å². The molecule has 0 saturated carbocycles.